The van der Waals surface area contributed by atoms with Gasteiger partial charge in [0.15, 0.2) is 0 Å². The van der Waals surface area contributed by atoms with Gasteiger partial charge < -0.3 is 10.4 Å². The zero-order chi connectivity index (χ0) is 12.3. The first-order chi connectivity index (χ1) is 8.15. The average molecular weight is 299 g/mol. The molecule has 0 saturated carbocycles. The van der Waals surface area contributed by atoms with Crippen molar-refractivity contribution in [1.29, 1.82) is 0 Å². The van der Waals surface area contributed by atoms with Crippen molar-refractivity contribution in [3.8, 4) is 0 Å². The van der Waals surface area contributed by atoms with Crippen molar-refractivity contribution < 1.29 is 9.90 Å². The van der Waals surface area contributed by atoms with Crippen LogP contribution in [0.4, 0.5) is 5.69 Å². The number of anilines is 1. The maximum absolute atomic E-state index is 11.8. The molecule has 1 heterocycles. The third-order valence-corrected chi connectivity index (χ3v) is 3.45. The predicted octanol–water partition coefficient (Wildman–Crippen LogP) is 1.45. The second-order valence-electron chi connectivity index (χ2n) is 4.21. The summed E-state index contributed by atoms with van der Waals surface area (Å²) in [4.78, 5) is 13.7. The van der Waals surface area contributed by atoms with Gasteiger partial charge in [0.05, 0.1) is 18.3 Å². The maximum Gasteiger partial charge on any atom is 0.238 e. The van der Waals surface area contributed by atoms with Gasteiger partial charge in [0.1, 0.15) is 0 Å². The molecule has 1 aromatic rings. The van der Waals surface area contributed by atoms with Crippen molar-refractivity contribution in [3.63, 3.8) is 0 Å². The molecule has 1 amide bonds. The Morgan fingerprint density at radius 3 is 2.94 bits per heavy atom. The summed E-state index contributed by atoms with van der Waals surface area (Å²) in [6.07, 6.45) is 0.466. The van der Waals surface area contributed by atoms with Crippen molar-refractivity contribution in [2.75, 3.05) is 25.0 Å². The van der Waals surface area contributed by atoms with Crippen LogP contribution in [0.3, 0.4) is 0 Å². The van der Waals surface area contributed by atoms with Crippen LogP contribution in [0.5, 0.6) is 0 Å². The third-order valence-electron chi connectivity index (χ3n) is 2.76. The smallest absolute Gasteiger partial charge is 0.238 e. The van der Waals surface area contributed by atoms with Crippen LogP contribution >= 0.6 is 15.9 Å². The van der Waals surface area contributed by atoms with Crippen molar-refractivity contribution in [2.24, 2.45) is 0 Å². The highest BCUT2D eigenvalue weighted by atomic mass is 79.9. The van der Waals surface area contributed by atoms with Crippen LogP contribution in [0, 0.1) is 0 Å². The summed E-state index contributed by atoms with van der Waals surface area (Å²) in [5.74, 6) is -0.0500. The molecule has 1 atom stereocenters. The number of hydrogen-bond donors (Lipinski definition) is 2. The molecule has 92 valence electrons. The first-order valence-electron chi connectivity index (χ1n) is 5.60. The summed E-state index contributed by atoms with van der Waals surface area (Å²) in [5.41, 5.74) is 0.775. The molecule has 0 aliphatic carbocycles. The minimum atomic E-state index is -0.286. The lowest BCUT2D eigenvalue weighted by Crippen LogP contribution is -2.32. The number of nitrogens with zero attached hydrogens (tertiary/aromatic N) is 1. The number of carbonyl (C=O) groups excluding carboxylic acids is 1. The van der Waals surface area contributed by atoms with Crippen molar-refractivity contribution >= 4 is 27.5 Å². The predicted molar refractivity (Wildman–Crippen MR) is 69.8 cm³/mol. The summed E-state index contributed by atoms with van der Waals surface area (Å²) < 4.78 is 0.870. The number of likely N-dealkylation sites (tertiary alicyclic amines) is 1. The van der Waals surface area contributed by atoms with Gasteiger partial charge in [-0.15, -0.1) is 0 Å². The first-order valence-corrected chi connectivity index (χ1v) is 6.39. The number of aliphatic hydroxyl groups excluding tert-OH is 1. The second-order valence-corrected chi connectivity index (χ2v) is 5.06. The molecule has 17 heavy (non-hydrogen) atoms. The van der Waals surface area contributed by atoms with Crippen molar-refractivity contribution in [1.82, 2.24) is 4.90 Å². The Labute approximate surface area is 109 Å². The fourth-order valence-electron chi connectivity index (χ4n) is 1.91. The molecule has 1 aromatic carbocycles. The largest absolute Gasteiger partial charge is 0.392 e. The summed E-state index contributed by atoms with van der Waals surface area (Å²) in [6, 6.07) is 7.51. The van der Waals surface area contributed by atoms with Gasteiger partial charge in [0, 0.05) is 17.6 Å². The van der Waals surface area contributed by atoms with Crippen LogP contribution < -0.4 is 5.32 Å². The van der Waals surface area contributed by atoms with Crippen molar-refractivity contribution in [2.45, 2.75) is 12.5 Å². The van der Waals surface area contributed by atoms with E-state index in [1.807, 2.05) is 29.2 Å². The van der Waals surface area contributed by atoms with Crippen molar-refractivity contribution in [3.05, 3.63) is 28.7 Å². The van der Waals surface area contributed by atoms with Gasteiger partial charge >= 0.3 is 0 Å². The Morgan fingerprint density at radius 1 is 1.53 bits per heavy atom. The Morgan fingerprint density at radius 2 is 2.29 bits per heavy atom. The maximum atomic E-state index is 11.8. The van der Waals surface area contributed by atoms with Gasteiger partial charge in [-0.25, -0.2) is 0 Å². The number of carbonyl (C=O) groups is 1. The van der Waals surface area contributed by atoms with E-state index < -0.39 is 0 Å². The van der Waals surface area contributed by atoms with Crippen LogP contribution in [-0.2, 0) is 4.79 Å². The van der Waals surface area contributed by atoms with Gasteiger partial charge in [0.2, 0.25) is 5.91 Å². The molecular weight excluding hydrogens is 284 g/mol. The van der Waals surface area contributed by atoms with E-state index in [1.54, 1.807) is 0 Å². The number of nitrogens with one attached hydrogen (secondary N) is 1. The Hall–Kier alpha value is -0.910. The molecule has 4 nitrogen and oxygen atoms in total. The van der Waals surface area contributed by atoms with Crippen LogP contribution in [0.2, 0.25) is 0 Å². The highest BCUT2D eigenvalue weighted by molar-refractivity contribution is 9.10. The minimum Gasteiger partial charge on any atom is -0.392 e. The van der Waals surface area contributed by atoms with Gasteiger partial charge in [0.25, 0.3) is 0 Å². The molecule has 5 heteroatoms. The lowest BCUT2D eigenvalue weighted by Gasteiger charge is -2.14. The number of β-amino-alcohol motifs (C(OH)–C–C–N with tert-alkyl or cyclic N) is 1. The molecule has 0 radical (unpaired) electrons. The van der Waals surface area contributed by atoms with Gasteiger partial charge in [-0.1, -0.05) is 12.1 Å². The van der Waals surface area contributed by atoms with E-state index in [0.717, 1.165) is 23.1 Å². The minimum absolute atomic E-state index is 0.0500. The molecule has 0 aromatic heterocycles. The van der Waals surface area contributed by atoms with Gasteiger partial charge in [-0.3, -0.25) is 9.69 Å². The van der Waals surface area contributed by atoms with E-state index in [0.29, 0.717) is 13.1 Å². The van der Waals surface area contributed by atoms with Crippen LogP contribution in [-0.4, -0.2) is 41.7 Å². The van der Waals surface area contributed by atoms with E-state index in [2.05, 4.69) is 21.2 Å². The van der Waals surface area contributed by atoms with E-state index >= 15 is 0 Å². The third kappa shape index (κ3) is 3.52. The lowest BCUT2D eigenvalue weighted by atomic mass is 10.3. The molecule has 0 unspecified atom stereocenters. The fourth-order valence-corrected chi connectivity index (χ4v) is 2.30. The Bertz CT molecular complexity index is 411. The number of rotatable bonds is 3. The van der Waals surface area contributed by atoms with Crippen LogP contribution in [0.1, 0.15) is 6.42 Å². The second kappa shape index (κ2) is 5.62. The molecule has 0 bridgehead atoms. The summed E-state index contributed by atoms with van der Waals surface area (Å²) in [5, 5.41) is 12.2. The monoisotopic (exact) mass is 298 g/mol. The number of aliphatic hydroxyl groups is 1. The van der Waals surface area contributed by atoms with E-state index in [9.17, 15) is 9.90 Å². The standard InChI is InChI=1S/C12H15BrN2O2/c13-10-3-1-2-4-11(10)14-12(17)8-15-6-5-9(16)7-15/h1-4,9,16H,5-8H2,(H,14,17)/t9-/m1/s1. The summed E-state index contributed by atoms with van der Waals surface area (Å²) in [6.45, 7) is 1.70. The van der Waals surface area contributed by atoms with Gasteiger partial charge in [-0.05, 0) is 34.5 Å². The summed E-state index contributed by atoms with van der Waals surface area (Å²) >= 11 is 3.38. The highest BCUT2D eigenvalue weighted by Gasteiger charge is 2.22. The first kappa shape index (κ1) is 12.5. The number of hydrogen-bond acceptors (Lipinski definition) is 3. The Balaban J connectivity index is 1.87. The summed E-state index contributed by atoms with van der Waals surface area (Å²) in [7, 11) is 0. The molecule has 1 aliphatic heterocycles. The zero-order valence-electron chi connectivity index (χ0n) is 9.40. The van der Waals surface area contributed by atoms with Crippen LogP contribution in [0.25, 0.3) is 0 Å². The molecule has 2 rings (SSSR count). The normalized spacial score (nSPS) is 20.5. The fraction of sp³-hybridized carbons (Fsp3) is 0.417. The van der Waals surface area contributed by atoms with E-state index in [4.69, 9.17) is 0 Å². The SMILES string of the molecule is O=C(CN1CC[C@@H](O)C1)Nc1ccccc1Br. The quantitative estimate of drug-likeness (QED) is 0.888. The van der Waals surface area contributed by atoms with Gasteiger partial charge in [-0.2, -0.15) is 0 Å². The lowest BCUT2D eigenvalue weighted by molar-refractivity contribution is -0.117. The number of halogens is 1. The zero-order valence-corrected chi connectivity index (χ0v) is 11.0. The van der Waals surface area contributed by atoms with E-state index in [1.165, 1.54) is 0 Å². The highest BCUT2D eigenvalue weighted by Crippen LogP contribution is 2.21. The average Bonchev–Trinajstić information content (AvgIpc) is 2.67. The molecule has 1 aliphatic rings. The number of para-hydroxylation sites is 1. The Kier molecular flexibility index (Phi) is 4.15. The van der Waals surface area contributed by atoms with E-state index in [-0.39, 0.29) is 12.0 Å². The number of amides is 1. The molecule has 0 spiro atoms. The molecular formula is C12H15BrN2O2. The topological polar surface area (TPSA) is 52.6 Å². The molecule has 2 N–H and O–H groups in total. The number of benzene rings is 1. The molecule has 1 fully saturated rings. The molecule has 1 saturated heterocycles. The van der Waals surface area contributed by atoms with Crippen LogP contribution in [0.15, 0.2) is 28.7 Å².